The molecule has 0 saturated carbocycles. The minimum atomic E-state index is -3.61. The van der Waals surface area contributed by atoms with Crippen LogP contribution in [0.2, 0.25) is 0 Å². The summed E-state index contributed by atoms with van der Waals surface area (Å²) in [6, 6.07) is 13.3. The second kappa shape index (κ2) is 8.55. The summed E-state index contributed by atoms with van der Waals surface area (Å²) < 4.78 is 27.8. The predicted molar refractivity (Wildman–Crippen MR) is 108 cm³/mol. The summed E-state index contributed by atoms with van der Waals surface area (Å²) in [6.45, 7) is 2.81. The van der Waals surface area contributed by atoms with Crippen LogP contribution in [-0.2, 0) is 10.0 Å². The molecule has 0 aromatic heterocycles. The normalized spacial score (nSPS) is 15.4. The summed E-state index contributed by atoms with van der Waals surface area (Å²) in [5, 5.41) is 11.7. The fourth-order valence-electron chi connectivity index (χ4n) is 3.31. The maximum Gasteiger partial charge on any atom is 0.255 e. The number of carbonyl (C=O) groups excluding carboxylic acids is 1. The van der Waals surface area contributed by atoms with Crippen LogP contribution in [0.1, 0.15) is 47.2 Å². The number of amides is 1. The van der Waals surface area contributed by atoms with E-state index in [1.54, 1.807) is 41.6 Å². The fourth-order valence-corrected chi connectivity index (χ4v) is 5.08. The van der Waals surface area contributed by atoms with E-state index in [0.717, 1.165) is 25.7 Å². The Hall–Kier alpha value is -2.69. The van der Waals surface area contributed by atoms with E-state index < -0.39 is 10.0 Å². The van der Waals surface area contributed by atoms with Crippen molar-refractivity contribution >= 4 is 21.6 Å². The second-order valence-electron chi connectivity index (χ2n) is 6.95. The van der Waals surface area contributed by atoms with Gasteiger partial charge in [-0.1, -0.05) is 25.0 Å². The molecule has 1 N–H and O–H groups in total. The Bertz CT molecular complexity index is 1020. The Morgan fingerprint density at radius 2 is 1.79 bits per heavy atom. The van der Waals surface area contributed by atoms with Gasteiger partial charge < -0.3 is 5.32 Å². The number of nitrogens with one attached hydrogen (secondary N) is 1. The topological polar surface area (TPSA) is 90.3 Å². The predicted octanol–water partition coefficient (Wildman–Crippen LogP) is 3.68. The summed E-state index contributed by atoms with van der Waals surface area (Å²) in [4.78, 5) is 12.7. The molecule has 146 valence electrons. The summed E-state index contributed by atoms with van der Waals surface area (Å²) in [6.07, 6.45) is 3.82. The van der Waals surface area contributed by atoms with Crippen LogP contribution in [0.3, 0.4) is 0 Å². The van der Waals surface area contributed by atoms with E-state index in [1.807, 2.05) is 6.07 Å². The van der Waals surface area contributed by atoms with Gasteiger partial charge in [0.05, 0.1) is 16.5 Å². The van der Waals surface area contributed by atoms with E-state index in [1.165, 1.54) is 12.1 Å². The second-order valence-corrected chi connectivity index (χ2v) is 8.85. The summed E-state index contributed by atoms with van der Waals surface area (Å²) in [7, 11) is -3.61. The number of carbonyl (C=O) groups is 1. The van der Waals surface area contributed by atoms with E-state index in [9.17, 15) is 13.2 Å². The molecule has 0 aliphatic carbocycles. The molecule has 1 aliphatic rings. The van der Waals surface area contributed by atoms with Crippen LogP contribution in [-0.4, -0.2) is 31.7 Å². The highest BCUT2D eigenvalue weighted by Gasteiger charge is 2.27. The van der Waals surface area contributed by atoms with Crippen molar-refractivity contribution in [3.8, 4) is 6.07 Å². The van der Waals surface area contributed by atoms with Crippen LogP contribution in [0.15, 0.2) is 47.4 Å². The van der Waals surface area contributed by atoms with Crippen molar-refractivity contribution in [3.63, 3.8) is 0 Å². The Morgan fingerprint density at radius 3 is 2.46 bits per heavy atom. The number of hydrogen-bond donors (Lipinski definition) is 1. The largest absolute Gasteiger partial charge is 0.322 e. The molecule has 0 bridgehead atoms. The first kappa shape index (κ1) is 20.1. The van der Waals surface area contributed by atoms with E-state index in [2.05, 4.69) is 5.32 Å². The average Bonchev–Trinajstić information content (AvgIpc) is 2.99. The molecule has 2 aromatic carbocycles. The standard InChI is InChI=1S/C21H23N3O3S/c1-16-9-10-19(23-21(25)18-8-6-7-17(13-18)15-22)14-20(16)28(26,27)24-11-4-2-3-5-12-24/h6-10,13-14H,2-5,11-12H2,1H3,(H,23,25). The van der Waals surface area contributed by atoms with Crippen LogP contribution in [0.5, 0.6) is 0 Å². The Morgan fingerprint density at radius 1 is 1.07 bits per heavy atom. The zero-order valence-corrected chi connectivity index (χ0v) is 16.6. The molecular weight excluding hydrogens is 374 g/mol. The van der Waals surface area contributed by atoms with Gasteiger partial charge in [0, 0.05) is 24.3 Å². The van der Waals surface area contributed by atoms with E-state index in [-0.39, 0.29) is 10.8 Å². The molecule has 0 unspecified atom stereocenters. The van der Waals surface area contributed by atoms with Crippen LogP contribution < -0.4 is 5.32 Å². The van der Waals surface area contributed by atoms with Crippen molar-refractivity contribution in [2.45, 2.75) is 37.5 Å². The molecule has 1 saturated heterocycles. The lowest BCUT2D eigenvalue weighted by Crippen LogP contribution is -2.32. The minimum Gasteiger partial charge on any atom is -0.322 e. The van der Waals surface area contributed by atoms with Crippen LogP contribution in [0, 0.1) is 18.3 Å². The highest BCUT2D eigenvalue weighted by atomic mass is 32.2. The van der Waals surface area contributed by atoms with Gasteiger partial charge in [-0.2, -0.15) is 9.57 Å². The number of rotatable bonds is 4. The molecule has 0 spiro atoms. The number of aryl methyl sites for hydroxylation is 1. The van der Waals surface area contributed by atoms with E-state index in [4.69, 9.17) is 5.26 Å². The molecule has 28 heavy (non-hydrogen) atoms. The van der Waals surface area contributed by atoms with Gasteiger partial charge in [0.1, 0.15) is 0 Å². The fraction of sp³-hybridized carbons (Fsp3) is 0.333. The summed E-state index contributed by atoms with van der Waals surface area (Å²) in [5.41, 5.74) is 1.79. The van der Waals surface area contributed by atoms with Gasteiger partial charge >= 0.3 is 0 Å². The molecule has 3 rings (SSSR count). The molecule has 6 nitrogen and oxygen atoms in total. The minimum absolute atomic E-state index is 0.220. The molecule has 7 heteroatoms. The van der Waals surface area contributed by atoms with Crippen molar-refractivity contribution < 1.29 is 13.2 Å². The zero-order chi connectivity index (χ0) is 20.1. The first-order chi connectivity index (χ1) is 13.4. The van der Waals surface area contributed by atoms with Crippen LogP contribution in [0.4, 0.5) is 5.69 Å². The maximum absolute atomic E-state index is 13.1. The third-order valence-electron chi connectivity index (χ3n) is 4.88. The quantitative estimate of drug-likeness (QED) is 0.852. The molecule has 1 aliphatic heterocycles. The number of sulfonamides is 1. The average molecular weight is 398 g/mol. The van der Waals surface area contributed by atoms with Crippen molar-refractivity contribution in [1.29, 1.82) is 5.26 Å². The monoisotopic (exact) mass is 397 g/mol. The number of anilines is 1. The van der Waals surface area contributed by atoms with Gasteiger partial charge in [0.15, 0.2) is 0 Å². The molecule has 1 fully saturated rings. The lowest BCUT2D eigenvalue weighted by atomic mass is 10.1. The van der Waals surface area contributed by atoms with Crippen molar-refractivity contribution in [1.82, 2.24) is 4.31 Å². The third kappa shape index (κ3) is 4.41. The molecular formula is C21H23N3O3S. The number of hydrogen-bond acceptors (Lipinski definition) is 4. The van der Waals surface area contributed by atoms with Gasteiger partial charge in [0.25, 0.3) is 5.91 Å². The first-order valence-corrected chi connectivity index (χ1v) is 10.8. The first-order valence-electron chi connectivity index (χ1n) is 9.34. The lowest BCUT2D eigenvalue weighted by molar-refractivity contribution is 0.102. The molecule has 1 amide bonds. The zero-order valence-electron chi connectivity index (χ0n) is 15.8. The smallest absolute Gasteiger partial charge is 0.255 e. The summed E-state index contributed by atoms with van der Waals surface area (Å²) in [5.74, 6) is -0.390. The van der Waals surface area contributed by atoms with Crippen molar-refractivity contribution in [2.24, 2.45) is 0 Å². The van der Waals surface area contributed by atoms with Gasteiger partial charge in [-0.05, 0) is 55.7 Å². The van der Waals surface area contributed by atoms with E-state index in [0.29, 0.717) is 35.5 Å². The van der Waals surface area contributed by atoms with Gasteiger partial charge in [0.2, 0.25) is 10.0 Å². The SMILES string of the molecule is Cc1ccc(NC(=O)c2cccc(C#N)c2)cc1S(=O)(=O)N1CCCCCC1. The number of nitriles is 1. The highest BCUT2D eigenvalue weighted by molar-refractivity contribution is 7.89. The van der Waals surface area contributed by atoms with Gasteiger partial charge in [-0.3, -0.25) is 4.79 Å². The third-order valence-corrected chi connectivity index (χ3v) is 6.92. The Balaban J connectivity index is 1.86. The van der Waals surface area contributed by atoms with Crippen molar-refractivity contribution in [3.05, 3.63) is 59.2 Å². The van der Waals surface area contributed by atoms with Crippen molar-refractivity contribution in [2.75, 3.05) is 18.4 Å². The van der Waals surface area contributed by atoms with E-state index >= 15 is 0 Å². The number of nitrogens with zero attached hydrogens (tertiary/aromatic N) is 2. The summed E-state index contributed by atoms with van der Waals surface area (Å²) >= 11 is 0. The Kier molecular flexibility index (Phi) is 6.12. The Labute approximate surface area is 165 Å². The van der Waals surface area contributed by atoms with Gasteiger partial charge in [-0.15, -0.1) is 0 Å². The number of benzene rings is 2. The molecule has 0 radical (unpaired) electrons. The van der Waals surface area contributed by atoms with Crippen LogP contribution in [0.25, 0.3) is 0 Å². The van der Waals surface area contributed by atoms with Crippen LogP contribution >= 0.6 is 0 Å². The maximum atomic E-state index is 13.1. The molecule has 0 atom stereocenters. The van der Waals surface area contributed by atoms with Gasteiger partial charge in [-0.25, -0.2) is 8.42 Å². The lowest BCUT2D eigenvalue weighted by Gasteiger charge is -2.21. The molecule has 2 aromatic rings. The molecule has 1 heterocycles. The highest BCUT2D eigenvalue weighted by Crippen LogP contribution is 2.26.